The first kappa shape index (κ1) is 44.6. The smallest absolute Gasteiger partial charge is 0.223 e. The van der Waals surface area contributed by atoms with E-state index in [0.29, 0.717) is 15.7 Å². The van der Waals surface area contributed by atoms with Gasteiger partial charge < -0.3 is 4.74 Å². The van der Waals surface area contributed by atoms with Gasteiger partial charge in [-0.15, -0.1) is 0 Å². The lowest BCUT2D eigenvalue weighted by Gasteiger charge is -2.23. The summed E-state index contributed by atoms with van der Waals surface area (Å²) >= 11 is 0. The van der Waals surface area contributed by atoms with Gasteiger partial charge in [0.2, 0.25) is 15.7 Å². The number of benzene rings is 8. The first-order chi connectivity index (χ1) is 30.5. The summed E-state index contributed by atoms with van der Waals surface area (Å²) in [6.07, 6.45) is 0. The second kappa shape index (κ2) is 25.0. The standard InChI is InChI=1S/C21H21N.C12H10O2S.C12H10.C10H8NOP/c1-4-10-19(11-5-1)16-22(17-20-12-6-2-7-13-20)18-21-14-8-3-9-15-21;13-15(14,11-7-3-1-4-8-11)12-9-5-2-6-10-12;1-3-7-11(8-4-1)12-9-5-2-6-10-12;1-2-5-9(6-3-1)12-10-7-4-8-13-11-10/h1-15H,16-18H2;1-10H;1-10H;1-8H. The highest BCUT2D eigenvalue weighted by Crippen LogP contribution is 2.21. The molecule has 8 aromatic carbocycles. The minimum absolute atomic E-state index is 0.330. The van der Waals surface area contributed by atoms with E-state index in [1.807, 2.05) is 60.4 Å². The van der Waals surface area contributed by atoms with Gasteiger partial charge in [0.25, 0.3) is 0 Å². The van der Waals surface area contributed by atoms with Crippen molar-refractivity contribution in [1.82, 2.24) is 9.65 Å². The summed E-state index contributed by atoms with van der Waals surface area (Å²) in [5.74, 6) is 3.44. The van der Waals surface area contributed by atoms with Gasteiger partial charge in [0.05, 0.1) is 9.79 Å². The van der Waals surface area contributed by atoms with E-state index >= 15 is 0 Å². The first-order valence-corrected chi connectivity index (χ1v) is 22.7. The van der Waals surface area contributed by atoms with Crippen molar-refractivity contribution in [2.45, 2.75) is 29.4 Å². The molecule has 0 unspecified atom stereocenters. The van der Waals surface area contributed by atoms with Gasteiger partial charge in [-0.25, -0.2) is 8.42 Å². The molecule has 0 spiro atoms. The molecular weight excluding hydrogens is 800 g/mol. The van der Waals surface area contributed by atoms with Gasteiger partial charge in [-0.2, -0.15) is 4.75 Å². The summed E-state index contributed by atoms with van der Waals surface area (Å²) in [4.78, 5) is 3.15. The van der Waals surface area contributed by atoms with Crippen molar-refractivity contribution in [2.75, 3.05) is 0 Å². The Labute approximate surface area is 368 Å². The van der Waals surface area contributed by atoms with Crippen molar-refractivity contribution in [3.63, 3.8) is 0 Å². The Morgan fingerprint density at radius 1 is 0.387 bits per heavy atom. The molecule has 0 aliphatic heterocycles. The summed E-state index contributed by atoms with van der Waals surface area (Å²) in [7, 11) is -2.41. The third-order valence-electron chi connectivity index (χ3n) is 9.25. The van der Waals surface area contributed by atoms with Gasteiger partial charge in [-0.05, 0) is 70.0 Å². The Morgan fingerprint density at radius 2 is 0.710 bits per heavy atom. The fourth-order valence-corrected chi connectivity index (χ4v) is 7.99. The van der Waals surface area contributed by atoms with Crippen molar-refractivity contribution >= 4 is 18.2 Å². The molecule has 308 valence electrons. The van der Waals surface area contributed by atoms with Crippen LogP contribution in [0.3, 0.4) is 0 Å². The highest BCUT2D eigenvalue weighted by molar-refractivity contribution is 7.91. The number of rotatable bonds is 11. The van der Waals surface area contributed by atoms with Gasteiger partial charge >= 0.3 is 0 Å². The zero-order valence-electron chi connectivity index (χ0n) is 34.4. The van der Waals surface area contributed by atoms with Crippen LogP contribution in [0.25, 0.3) is 11.1 Å². The van der Waals surface area contributed by atoms with Crippen LogP contribution >= 0.6 is 8.35 Å². The molecule has 0 bridgehead atoms. The van der Waals surface area contributed by atoms with Gasteiger partial charge in [0.1, 0.15) is 5.75 Å². The molecule has 0 atom stereocenters. The van der Waals surface area contributed by atoms with Crippen LogP contribution < -0.4 is 4.74 Å². The summed E-state index contributed by atoms with van der Waals surface area (Å²) in [6, 6.07) is 83.1. The van der Waals surface area contributed by atoms with E-state index in [9.17, 15) is 8.42 Å². The van der Waals surface area contributed by atoms with Crippen molar-refractivity contribution in [1.29, 1.82) is 0 Å². The number of sulfone groups is 1. The Bertz CT molecular complexity index is 2430. The highest BCUT2D eigenvalue weighted by Gasteiger charge is 2.15. The van der Waals surface area contributed by atoms with Crippen LogP contribution in [0.4, 0.5) is 0 Å². The van der Waals surface area contributed by atoms with E-state index in [4.69, 9.17) is 4.74 Å². The van der Waals surface area contributed by atoms with Crippen LogP contribution in [0.1, 0.15) is 16.7 Å². The van der Waals surface area contributed by atoms with Crippen LogP contribution in [0.5, 0.6) is 11.6 Å². The number of para-hydroxylation sites is 1. The maximum absolute atomic E-state index is 12.0. The Balaban J connectivity index is 0.000000142. The van der Waals surface area contributed by atoms with E-state index in [1.54, 1.807) is 60.7 Å². The van der Waals surface area contributed by atoms with Crippen LogP contribution in [-0.4, -0.2) is 18.1 Å². The molecule has 0 saturated heterocycles. The Morgan fingerprint density at radius 3 is 1.05 bits per heavy atom. The van der Waals surface area contributed by atoms with Gasteiger partial charge in [0.15, 0.2) is 0 Å². The van der Waals surface area contributed by atoms with Crippen LogP contribution in [-0.2, 0) is 29.5 Å². The second-order valence-corrected chi connectivity index (χ2v) is 16.6. The largest absolute Gasteiger partial charge is 0.439 e. The zero-order valence-corrected chi connectivity index (χ0v) is 36.1. The molecule has 1 heterocycles. The average Bonchev–Trinajstić information content (AvgIpc) is 3.35. The second-order valence-electron chi connectivity index (χ2n) is 13.9. The monoisotopic (exact) mass is 848 g/mol. The fourth-order valence-electron chi connectivity index (χ4n) is 6.24. The van der Waals surface area contributed by atoms with Gasteiger partial charge in [-0.3, -0.25) is 4.90 Å². The molecule has 62 heavy (non-hydrogen) atoms. The van der Waals surface area contributed by atoms with E-state index in [0.717, 1.165) is 33.7 Å². The molecule has 0 radical (unpaired) electrons. The molecule has 0 fully saturated rings. The minimum Gasteiger partial charge on any atom is -0.439 e. The number of hydrogen-bond acceptors (Lipinski definition) is 5. The van der Waals surface area contributed by atoms with E-state index < -0.39 is 9.84 Å². The summed E-state index contributed by atoms with van der Waals surface area (Å²) in [5.41, 5.74) is 6.62. The maximum atomic E-state index is 12.0. The molecule has 0 N–H and O–H groups in total. The third kappa shape index (κ3) is 15.3. The van der Waals surface area contributed by atoms with Crippen molar-refractivity contribution in [2.24, 2.45) is 0 Å². The Hall–Kier alpha value is -6.95. The summed E-state index contributed by atoms with van der Waals surface area (Å²) < 4.78 is 33.7. The van der Waals surface area contributed by atoms with Crippen molar-refractivity contribution in [3.8, 4) is 22.8 Å². The van der Waals surface area contributed by atoms with Crippen molar-refractivity contribution in [3.05, 3.63) is 277 Å². The lowest BCUT2D eigenvalue weighted by atomic mass is 10.1. The Kier molecular flexibility index (Phi) is 18.0. The lowest BCUT2D eigenvalue weighted by molar-refractivity contribution is 0.247. The van der Waals surface area contributed by atoms with Gasteiger partial charge in [0, 0.05) is 34.1 Å². The third-order valence-corrected chi connectivity index (χ3v) is 11.7. The first-order valence-electron chi connectivity index (χ1n) is 20.3. The predicted molar refractivity (Wildman–Crippen MR) is 256 cm³/mol. The number of aromatic nitrogens is 1. The predicted octanol–water partition coefficient (Wildman–Crippen LogP) is 14.2. The molecule has 1 aromatic heterocycles. The number of hydrogen-bond donors (Lipinski definition) is 0. The van der Waals surface area contributed by atoms with E-state index in [1.165, 1.54) is 27.8 Å². The van der Waals surface area contributed by atoms with Crippen LogP contribution in [0, 0.1) is 0 Å². The van der Waals surface area contributed by atoms with E-state index in [-0.39, 0.29) is 0 Å². The van der Waals surface area contributed by atoms with Crippen LogP contribution in [0.15, 0.2) is 270 Å². The number of ether oxygens (including phenoxy) is 1. The lowest BCUT2D eigenvalue weighted by Crippen LogP contribution is -2.22. The zero-order chi connectivity index (χ0) is 42.9. The molecule has 0 aliphatic carbocycles. The molecule has 5 nitrogen and oxygen atoms in total. The number of nitrogens with zero attached hydrogens (tertiary/aromatic N) is 2. The van der Waals surface area contributed by atoms with E-state index in [2.05, 4.69) is 149 Å². The molecule has 0 saturated carbocycles. The minimum atomic E-state index is -3.34. The molecule has 0 amide bonds. The summed E-state index contributed by atoms with van der Waals surface area (Å²) in [6.45, 7) is 2.89. The normalized spacial score (nSPS) is 10.5. The average molecular weight is 849 g/mol. The molecule has 0 aliphatic rings. The highest BCUT2D eigenvalue weighted by atomic mass is 32.2. The quantitative estimate of drug-likeness (QED) is 0.130. The fraction of sp³-hybridized carbons (Fsp3) is 0.0545. The molecule has 9 rings (SSSR count). The van der Waals surface area contributed by atoms with Crippen LogP contribution in [0.2, 0.25) is 0 Å². The van der Waals surface area contributed by atoms with Gasteiger partial charge in [-0.1, -0.05) is 212 Å². The van der Waals surface area contributed by atoms with Crippen molar-refractivity contribution < 1.29 is 13.2 Å². The maximum Gasteiger partial charge on any atom is 0.223 e. The SMILES string of the molecule is O=S(=O)(c1ccccc1)c1ccccc1.c1ccc(-c2ccccc2)cc1.c1ccc(CN(Cc2ccccc2)Cc2ccccc2)cc1.c1ccc(Oc2cccpn2)cc1. The molecular formula is C55H49N2O3PS. The molecule has 9 aromatic rings. The topological polar surface area (TPSA) is 59.5 Å². The summed E-state index contributed by atoms with van der Waals surface area (Å²) in [5, 5.41) is 0. The molecule has 7 heteroatoms.